The van der Waals surface area contributed by atoms with Gasteiger partial charge in [-0.1, -0.05) is 30.7 Å². The van der Waals surface area contributed by atoms with Gasteiger partial charge in [-0.2, -0.15) is 0 Å². The van der Waals surface area contributed by atoms with Gasteiger partial charge in [0.25, 0.3) is 0 Å². The summed E-state index contributed by atoms with van der Waals surface area (Å²) in [6, 6.07) is 7.58. The van der Waals surface area contributed by atoms with Crippen LogP contribution < -0.4 is 5.32 Å². The van der Waals surface area contributed by atoms with Crippen LogP contribution in [0.3, 0.4) is 0 Å². The van der Waals surface area contributed by atoms with Gasteiger partial charge in [-0.05, 0) is 24.3 Å². The lowest BCUT2D eigenvalue weighted by Crippen LogP contribution is -2.25. The Labute approximate surface area is 93.9 Å². The van der Waals surface area contributed by atoms with Crippen LogP contribution in [0.25, 0.3) is 0 Å². The molecule has 0 heterocycles. The molecule has 0 spiro atoms. The molecule has 3 heteroatoms. The zero-order valence-electron chi connectivity index (χ0n) is 8.41. The number of carbonyl (C=O) groups excluding carboxylic acids is 1. The molecule has 0 unspecified atom stereocenters. The standard InChI is InChI=1S/C12H12ClNO/c1-8-11(5-6-12(8)15)14-10-4-2-3-9(13)7-10/h2-8,11,14H,1H3/t8-,11+/m0/s1. The van der Waals surface area contributed by atoms with Gasteiger partial charge in [0.05, 0.1) is 6.04 Å². The lowest BCUT2D eigenvalue weighted by molar-refractivity contribution is -0.117. The Hall–Kier alpha value is -1.28. The summed E-state index contributed by atoms with van der Waals surface area (Å²) < 4.78 is 0. The fraction of sp³-hybridized carbons (Fsp3) is 0.250. The number of nitrogens with one attached hydrogen (secondary N) is 1. The molecule has 0 radical (unpaired) electrons. The monoisotopic (exact) mass is 221 g/mol. The number of anilines is 1. The van der Waals surface area contributed by atoms with Crippen molar-refractivity contribution in [3.63, 3.8) is 0 Å². The number of rotatable bonds is 2. The van der Waals surface area contributed by atoms with Crippen LogP contribution >= 0.6 is 11.6 Å². The van der Waals surface area contributed by atoms with E-state index in [-0.39, 0.29) is 17.7 Å². The fourth-order valence-corrected chi connectivity index (χ4v) is 1.83. The molecule has 15 heavy (non-hydrogen) atoms. The molecule has 2 atom stereocenters. The first-order valence-corrected chi connectivity index (χ1v) is 5.29. The van der Waals surface area contributed by atoms with E-state index in [0.29, 0.717) is 5.02 Å². The Morgan fingerprint density at radius 1 is 1.40 bits per heavy atom. The molecule has 2 nitrogen and oxygen atoms in total. The zero-order chi connectivity index (χ0) is 10.8. The first-order valence-electron chi connectivity index (χ1n) is 4.91. The van der Waals surface area contributed by atoms with Gasteiger partial charge in [0.1, 0.15) is 0 Å². The van der Waals surface area contributed by atoms with Gasteiger partial charge >= 0.3 is 0 Å². The Balaban J connectivity index is 2.10. The van der Waals surface area contributed by atoms with Crippen LogP contribution in [0.4, 0.5) is 5.69 Å². The van der Waals surface area contributed by atoms with Crippen LogP contribution in [-0.2, 0) is 4.79 Å². The first-order chi connectivity index (χ1) is 7.16. The van der Waals surface area contributed by atoms with E-state index in [1.807, 2.05) is 37.3 Å². The minimum atomic E-state index is 0.00369. The van der Waals surface area contributed by atoms with Crippen molar-refractivity contribution in [1.82, 2.24) is 0 Å². The van der Waals surface area contributed by atoms with E-state index >= 15 is 0 Å². The first kappa shape index (κ1) is 10.2. The highest BCUT2D eigenvalue weighted by molar-refractivity contribution is 6.30. The quantitative estimate of drug-likeness (QED) is 0.832. The summed E-state index contributed by atoms with van der Waals surface area (Å²) in [4.78, 5) is 11.3. The number of halogens is 1. The maximum Gasteiger partial charge on any atom is 0.160 e. The van der Waals surface area contributed by atoms with Crippen LogP contribution in [0.5, 0.6) is 0 Å². The van der Waals surface area contributed by atoms with Gasteiger partial charge in [-0.25, -0.2) is 0 Å². The van der Waals surface area contributed by atoms with E-state index in [2.05, 4.69) is 5.32 Å². The molecule has 1 aromatic rings. The van der Waals surface area contributed by atoms with Crippen LogP contribution in [0.15, 0.2) is 36.4 Å². The van der Waals surface area contributed by atoms with Crippen molar-refractivity contribution in [3.05, 3.63) is 41.4 Å². The van der Waals surface area contributed by atoms with E-state index in [9.17, 15) is 4.79 Å². The van der Waals surface area contributed by atoms with Crippen LogP contribution in [0, 0.1) is 5.92 Å². The van der Waals surface area contributed by atoms with Gasteiger partial charge in [0, 0.05) is 16.6 Å². The number of hydrogen-bond donors (Lipinski definition) is 1. The van der Waals surface area contributed by atoms with E-state index in [1.165, 1.54) is 0 Å². The lowest BCUT2D eigenvalue weighted by atomic mass is 10.0. The summed E-state index contributed by atoms with van der Waals surface area (Å²) in [6.45, 7) is 1.92. The second-order valence-electron chi connectivity index (χ2n) is 3.73. The van der Waals surface area contributed by atoms with Crippen molar-refractivity contribution in [2.75, 3.05) is 5.32 Å². The normalized spacial score (nSPS) is 24.5. The molecular weight excluding hydrogens is 210 g/mol. The number of hydrogen-bond acceptors (Lipinski definition) is 2. The summed E-state index contributed by atoms with van der Waals surface area (Å²) in [5.74, 6) is 0.179. The zero-order valence-corrected chi connectivity index (χ0v) is 9.16. The Morgan fingerprint density at radius 3 is 2.80 bits per heavy atom. The second kappa shape index (κ2) is 4.07. The average molecular weight is 222 g/mol. The molecule has 0 aromatic heterocycles. The molecule has 1 aromatic carbocycles. The topological polar surface area (TPSA) is 29.1 Å². The third-order valence-electron chi connectivity index (χ3n) is 2.61. The van der Waals surface area contributed by atoms with E-state index < -0.39 is 0 Å². The van der Waals surface area contributed by atoms with E-state index in [4.69, 9.17) is 11.6 Å². The largest absolute Gasteiger partial charge is 0.378 e. The summed E-state index contributed by atoms with van der Waals surface area (Å²) in [5, 5.41) is 3.97. The molecule has 1 N–H and O–H groups in total. The van der Waals surface area contributed by atoms with Crippen molar-refractivity contribution in [2.45, 2.75) is 13.0 Å². The number of carbonyl (C=O) groups is 1. The SMILES string of the molecule is C[C@@H]1C(=O)C=C[C@H]1Nc1cccc(Cl)c1. The average Bonchev–Trinajstić information content (AvgIpc) is 2.50. The van der Waals surface area contributed by atoms with Gasteiger partial charge in [-0.15, -0.1) is 0 Å². The van der Waals surface area contributed by atoms with E-state index in [0.717, 1.165) is 5.69 Å². The summed E-state index contributed by atoms with van der Waals surface area (Å²) in [6.07, 6.45) is 3.53. The highest BCUT2D eigenvalue weighted by atomic mass is 35.5. The molecule has 0 bridgehead atoms. The fourth-order valence-electron chi connectivity index (χ4n) is 1.64. The van der Waals surface area contributed by atoms with Crippen molar-refractivity contribution >= 4 is 23.1 Å². The predicted molar refractivity (Wildman–Crippen MR) is 62.2 cm³/mol. The summed E-state index contributed by atoms with van der Waals surface area (Å²) in [7, 11) is 0. The predicted octanol–water partition coefficient (Wildman–Crippen LogP) is 2.90. The smallest absolute Gasteiger partial charge is 0.160 e. The highest BCUT2D eigenvalue weighted by Crippen LogP contribution is 2.21. The van der Waals surface area contributed by atoms with Gasteiger partial charge in [0.15, 0.2) is 5.78 Å². The van der Waals surface area contributed by atoms with Crippen molar-refractivity contribution in [2.24, 2.45) is 5.92 Å². The third-order valence-corrected chi connectivity index (χ3v) is 2.85. The van der Waals surface area contributed by atoms with Crippen LogP contribution in [0.2, 0.25) is 5.02 Å². The minimum Gasteiger partial charge on any atom is -0.378 e. The third kappa shape index (κ3) is 2.21. The Kier molecular flexibility index (Phi) is 2.78. The van der Waals surface area contributed by atoms with E-state index in [1.54, 1.807) is 6.08 Å². The van der Waals surface area contributed by atoms with Crippen molar-refractivity contribution < 1.29 is 4.79 Å². The Bertz CT molecular complexity index is 414. The van der Waals surface area contributed by atoms with Gasteiger partial charge in [-0.3, -0.25) is 4.79 Å². The van der Waals surface area contributed by atoms with Gasteiger partial charge < -0.3 is 5.32 Å². The lowest BCUT2D eigenvalue weighted by Gasteiger charge is -2.16. The Morgan fingerprint density at radius 2 is 2.20 bits per heavy atom. The molecule has 0 fully saturated rings. The van der Waals surface area contributed by atoms with Crippen LogP contribution in [-0.4, -0.2) is 11.8 Å². The molecule has 0 saturated heterocycles. The molecular formula is C12H12ClNO. The van der Waals surface area contributed by atoms with Crippen molar-refractivity contribution in [3.8, 4) is 0 Å². The summed E-state index contributed by atoms with van der Waals surface area (Å²) >= 11 is 5.87. The van der Waals surface area contributed by atoms with Gasteiger partial charge in [0.2, 0.25) is 0 Å². The molecule has 0 aliphatic heterocycles. The van der Waals surface area contributed by atoms with Crippen LogP contribution in [0.1, 0.15) is 6.92 Å². The number of allylic oxidation sites excluding steroid dienone is 1. The molecule has 2 rings (SSSR count). The number of ketones is 1. The maximum absolute atomic E-state index is 11.3. The second-order valence-corrected chi connectivity index (χ2v) is 4.17. The molecule has 1 aliphatic rings. The summed E-state index contributed by atoms with van der Waals surface area (Å²) in [5.41, 5.74) is 0.943. The van der Waals surface area contributed by atoms with Crippen molar-refractivity contribution in [1.29, 1.82) is 0 Å². The molecule has 1 aliphatic carbocycles. The highest BCUT2D eigenvalue weighted by Gasteiger charge is 2.25. The minimum absolute atomic E-state index is 0.00369. The number of benzene rings is 1. The molecule has 0 saturated carbocycles. The molecule has 0 amide bonds. The maximum atomic E-state index is 11.3. The molecule has 78 valence electrons.